The van der Waals surface area contributed by atoms with E-state index in [1.54, 1.807) is 0 Å². The number of fused-ring (bicyclic) bond motifs is 1. The number of hydrogen-bond acceptors (Lipinski definition) is 7. The summed E-state index contributed by atoms with van der Waals surface area (Å²) in [6.45, 7) is 8.56. The van der Waals surface area contributed by atoms with Crippen LogP contribution in [-0.4, -0.2) is 63.1 Å². The molecule has 9 heteroatoms. The van der Waals surface area contributed by atoms with Gasteiger partial charge in [0.1, 0.15) is 0 Å². The fourth-order valence-electron chi connectivity index (χ4n) is 5.69. The highest BCUT2D eigenvalue weighted by Crippen LogP contribution is 2.23. The third-order valence-electron chi connectivity index (χ3n) is 8.19. The Morgan fingerprint density at radius 3 is 2.09 bits per heavy atom. The third-order valence-corrected chi connectivity index (χ3v) is 8.19. The molecule has 5 aromatic rings. The van der Waals surface area contributed by atoms with E-state index >= 15 is 0 Å². The lowest BCUT2D eigenvalue weighted by atomic mass is 10.0. The van der Waals surface area contributed by atoms with Crippen LogP contribution >= 0.6 is 0 Å². The zero-order valence-corrected chi connectivity index (χ0v) is 26.6. The minimum absolute atomic E-state index is 0.0638. The van der Waals surface area contributed by atoms with Gasteiger partial charge in [-0.15, -0.1) is 0 Å². The van der Waals surface area contributed by atoms with E-state index in [1.807, 2.05) is 55.0 Å². The lowest BCUT2D eigenvalue weighted by Gasteiger charge is -2.23. The summed E-state index contributed by atoms with van der Waals surface area (Å²) < 4.78 is 0. The normalized spacial score (nSPS) is 12.1. The molecule has 0 saturated heterocycles. The maximum atomic E-state index is 11.7. The minimum atomic E-state index is -0.798. The zero-order valence-electron chi connectivity index (χ0n) is 26.6. The van der Waals surface area contributed by atoms with Crippen molar-refractivity contribution < 1.29 is 9.90 Å². The predicted octanol–water partition coefficient (Wildman–Crippen LogP) is 4.82. The molecule has 9 nitrogen and oxygen atoms in total. The third kappa shape index (κ3) is 10.3. The van der Waals surface area contributed by atoms with Crippen molar-refractivity contribution in [3.63, 3.8) is 0 Å². The largest absolute Gasteiger partial charge is 0.481 e. The Hall–Kier alpha value is -4.41. The fourth-order valence-corrected chi connectivity index (χ4v) is 5.69. The van der Waals surface area contributed by atoms with Crippen LogP contribution in [0.25, 0.3) is 10.9 Å². The second-order valence-corrected chi connectivity index (χ2v) is 11.8. The molecule has 3 aromatic heterocycles. The standard InChI is InChI=1S/C37H45N7O2/c1-28-7-6-10-35-31(24-43-37(28)35)21-34(22-36(45)46)42-23-29-11-13-30(14-12-29)27-44(19-17-38-25-32-8-2-4-15-40-32)20-18-39-26-33-9-3-5-16-41-33/h2-16,24,34,38-39,42-43H,17-23,25-27H2,1H3,(H,45,46). The van der Waals surface area contributed by atoms with Crippen molar-refractivity contribution in [3.8, 4) is 0 Å². The van der Waals surface area contributed by atoms with Gasteiger partial charge in [0.15, 0.2) is 0 Å². The molecule has 0 radical (unpaired) electrons. The summed E-state index contributed by atoms with van der Waals surface area (Å²) in [6.07, 6.45) is 6.37. The Bertz CT molecular complexity index is 1580. The van der Waals surface area contributed by atoms with Crippen LogP contribution in [0.1, 0.15) is 40.1 Å². The number of carboxylic acid groups (broad SMARTS) is 1. The van der Waals surface area contributed by atoms with Gasteiger partial charge in [0.05, 0.1) is 17.8 Å². The van der Waals surface area contributed by atoms with Crippen LogP contribution < -0.4 is 16.0 Å². The lowest BCUT2D eigenvalue weighted by molar-refractivity contribution is -0.137. The van der Waals surface area contributed by atoms with E-state index in [2.05, 4.69) is 85.2 Å². The van der Waals surface area contributed by atoms with Crippen molar-refractivity contribution in [1.82, 2.24) is 35.8 Å². The summed E-state index contributed by atoms with van der Waals surface area (Å²) in [5, 5.41) is 21.3. The van der Waals surface area contributed by atoms with Gasteiger partial charge in [0.2, 0.25) is 0 Å². The molecule has 1 atom stereocenters. The van der Waals surface area contributed by atoms with E-state index in [1.165, 1.54) is 11.1 Å². The van der Waals surface area contributed by atoms with Crippen LogP contribution in [0.4, 0.5) is 0 Å². The first kappa shape index (κ1) is 33.0. The Morgan fingerprint density at radius 1 is 0.826 bits per heavy atom. The van der Waals surface area contributed by atoms with Crippen LogP contribution in [0.5, 0.6) is 0 Å². The van der Waals surface area contributed by atoms with Crippen LogP contribution in [-0.2, 0) is 37.4 Å². The molecular weight excluding hydrogens is 574 g/mol. The van der Waals surface area contributed by atoms with E-state index in [0.29, 0.717) is 13.0 Å². The van der Waals surface area contributed by atoms with E-state index in [0.717, 1.165) is 79.2 Å². The van der Waals surface area contributed by atoms with Gasteiger partial charge in [-0.05, 0) is 59.9 Å². The number of para-hydroxylation sites is 1. The molecule has 0 spiro atoms. The number of pyridine rings is 2. The maximum absolute atomic E-state index is 11.7. The summed E-state index contributed by atoms with van der Waals surface area (Å²) in [4.78, 5) is 26.3. The SMILES string of the molecule is Cc1cccc2c(CC(CC(=O)O)NCc3ccc(CN(CCNCc4ccccn4)CCNCc4ccccn4)cc3)c[nH]c12. The molecular formula is C37H45N7O2. The number of carbonyl (C=O) groups is 1. The first-order chi connectivity index (χ1) is 22.5. The number of aliphatic carboxylic acids is 1. The maximum Gasteiger partial charge on any atom is 0.304 e. The van der Waals surface area contributed by atoms with Gasteiger partial charge in [-0.25, -0.2) is 0 Å². The molecule has 0 aliphatic rings. The number of nitrogens with zero attached hydrogens (tertiary/aromatic N) is 3. The molecule has 1 unspecified atom stereocenters. The molecule has 46 heavy (non-hydrogen) atoms. The number of nitrogens with one attached hydrogen (secondary N) is 4. The second-order valence-electron chi connectivity index (χ2n) is 11.8. The lowest BCUT2D eigenvalue weighted by Crippen LogP contribution is -2.36. The molecule has 5 N–H and O–H groups in total. The monoisotopic (exact) mass is 619 g/mol. The van der Waals surface area contributed by atoms with Crippen molar-refractivity contribution in [2.24, 2.45) is 0 Å². The Labute approximate surface area is 271 Å². The van der Waals surface area contributed by atoms with Crippen LogP contribution in [0.3, 0.4) is 0 Å². The van der Waals surface area contributed by atoms with Crippen molar-refractivity contribution in [2.75, 3.05) is 26.2 Å². The fraction of sp³-hybridized carbons (Fsp3) is 0.324. The van der Waals surface area contributed by atoms with E-state index in [4.69, 9.17) is 0 Å². The Kier molecular flexibility index (Phi) is 12.4. The summed E-state index contributed by atoms with van der Waals surface area (Å²) in [5.74, 6) is -0.798. The summed E-state index contributed by atoms with van der Waals surface area (Å²) in [5.41, 5.74) is 7.89. The average Bonchev–Trinajstić information content (AvgIpc) is 3.49. The van der Waals surface area contributed by atoms with Crippen LogP contribution in [0.2, 0.25) is 0 Å². The molecule has 0 bridgehead atoms. The van der Waals surface area contributed by atoms with Crippen molar-refractivity contribution >= 4 is 16.9 Å². The van der Waals surface area contributed by atoms with Gasteiger partial charge in [-0.1, -0.05) is 54.6 Å². The molecule has 0 amide bonds. The van der Waals surface area contributed by atoms with Crippen LogP contribution in [0.15, 0.2) is 97.5 Å². The number of carboxylic acids is 1. The Balaban J connectivity index is 1.14. The summed E-state index contributed by atoms with van der Waals surface area (Å²) >= 11 is 0. The van der Waals surface area contributed by atoms with E-state index < -0.39 is 5.97 Å². The number of hydrogen-bond donors (Lipinski definition) is 5. The van der Waals surface area contributed by atoms with Gasteiger partial charge in [-0.3, -0.25) is 19.7 Å². The number of benzene rings is 2. The molecule has 240 valence electrons. The second kappa shape index (κ2) is 17.3. The van der Waals surface area contributed by atoms with Gasteiger partial charge in [-0.2, -0.15) is 0 Å². The molecule has 5 rings (SSSR count). The number of H-pyrrole nitrogens is 1. The van der Waals surface area contributed by atoms with Gasteiger partial charge in [0, 0.05) is 87.9 Å². The highest BCUT2D eigenvalue weighted by Gasteiger charge is 2.16. The van der Waals surface area contributed by atoms with Crippen molar-refractivity contribution in [3.05, 3.63) is 131 Å². The van der Waals surface area contributed by atoms with Gasteiger partial charge < -0.3 is 26.0 Å². The van der Waals surface area contributed by atoms with Gasteiger partial charge in [0.25, 0.3) is 0 Å². The summed E-state index contributed by atoms with van der Waals surface area (Å²) in [7, 11) is 0. The number of aromatic amines is 1. The smallest absolute Gasteiger partial charge is 0.304 e. The van der Waals surface area contributed by atoms with E-state index in [9.17, 15) is 9.90 Å². The van der Waals surface area contributed by atoms with E-state index in [-0.39, 0.29) is 12.5 Å². The zero-order chi connectivity index (χ0) is 32.0. The van der Waals surface area contributed by atoms with Crippen molar-refractivity contribution in [1.29, 1.82) is 0 Å². The number of rotatable bonds is 19. The van der Waals surface area contributed by atoms with Crippen molar-refractivity contribution in [2.45, 2.75) is 52.0 Å². The molecule has 0 saturated carbocycles. The minimum Gasteiger partial charge on any atom is -0.481 e. The number of aromatic nitrogens is 3. The summed E-state index contributed by atoms with van der Waals surface area (Å²) in [6, 6.07) is 26.7. The topological polar surface area (TPSA) is 118 Å². The molecule has 0 aliphatic carbocycles. The first-order valence-electron chi connectivity index (χ1n) is 16.1. The Morgan fingerprint density at radius 2 is 1.48 bits per heavy atom. The van der Waals surface area contributed by atoms with Gasteiger partial charge >= 0.3 is 5.97 Å². The molecule has 0 aliphatic heterocycles. The quantitative estimate of drug-likeness (QED) is 0.0836. The molecule has 3 heterocycles. The first-order valence-corrected chi connectivity index (χ1v) is 16.1. The molecule has 2 aromatic carbocycles. The average molecular weight is 620 g/mol. The van der Waals surface area contributed by atoms with Crippen LogP contribution in [0, 0.1) is 6.92 Å². The predicted molar refractivity (Wildman–Crippen MR) is 183 cm³/mol. The number of aryl methyl sites for hydroxylation is 1. The highest BCUT2D eigenvalue weighted by molar-refractivity contribution is 5.86. The molecule has 0 fully saturated rings. The highest BCUT2D eigenvalue weighted by atomic mass is 16.4.